The zero-order valence-corrected chi connectivity index (χ0v) is 17.5. The van der Waals surface area contributed by atoms with Gasteiger partial charge in [-0.25, -0.2) is 4.52 Å². The molecule has 29 heavy (non-hydrogen) atoms. The summed E-state index contributed by atoms with van der Waals surface area (Å²) in [6, 6.07) is 8.40. The van der Waals surface area contributed by atoms with E-state index in [0.29, 0.717) is 12.4 Å². The van der Waals surface area contributed by atoms with E-state index in [-0.39, 0.29) is 11.3 Å². The van der Waals surface area contributed by atoms with Crippen molar-refractivity contribution in [2.75, 3.05) is 5.32 Å². The maximum atomic E-state index is 12.9. The summed E-state index contributed by atoms with van der Waals surface area (Å²) in [5.41, 5.74) is 3.59. The molecule has 1 aromatic carbocycles. The molecule has 0 spiro atoms. The molecule has 4 aliphatic carbocycles. The monoisotopic (exact) mass is 406 g/mol. The van der Waals surface area contributed by atoms with Gasteiger partial charge in [-0.3, -0.25) is 10.1 Å². The van der Waals surface area contributed by atoms with Gasteiger partial charge in [0.2, 0.25) is 16.8 Å². The molecule has 150 valence electrons. The van der Waals surface area contributed by atoms with Crippen molar-refractivity contribution in [1.82, 2.24) is 14.6 Å². The fourth-order valence-corrected chi connectivity index (χ4v) is 7.50. The number of anilines is 1. The molecule has 4 bridgehead atoms. The Hall–Kier alpha value is -2.21. The van der Waals surface area contributed by atoms with Gasteiger partial charge in [-0.05, 0) is 68.6 Å². The summed E-state index contributed by atoms with van der Waals surface area (Å²) in [7, 11) is 0. The number of nitrogens with zero attached hydrogens (tertiary/aromatic N) is 3. The summed E-state index contributed by atoms with van der Waals surface area (Å²) in [5.74, 6) is 3.11. The molecule has 0 unspecified atom stereocenters. The van der Waals surface area contributed by atoms with E-state index in [4.69, 9.17) is 0 Å². The first kappa shape index (κ1) is 17.6. The van der Waals surface area contributed by atoms with E-state index in [1.54, 1.807) is 11.3 Å². The lowest BCUT2D eigenvalue weighted by molar-refractivity contribution is -0.124. The van der Waals surface area contributed by atoms with Gasteiger partial charge in [0, 0.05) is 17.4 Å². The number of thiazole rings is 1. The van der Waals surface area contributed by atoms with Gasteiger partial charge < -0.3 is 0 Å². The molecule has 0 radical (unpaired) electrons. The van der Waals surface area contributed by atoms with E-state index in [2.05, 4.69) is 52.0 Å². The number of amides is 1. The molecule has 7 rings (SSSR count). The molecular formula is C23H26N4OS. The lowest BCUT2D eigenvalue weighted by Gasteiger charge is -2.56. The summed E-state index contributed by atoms with van der Waals surface area (Å²) in [5, 5.41) is 9.67. The highest BCUT2D eigenvalue weighted by Crippen LogP contribution is 2.61. The molecule has 0 saturated heterocycles. The van der Waals surface area contributed by atoms with Gasteiger partial charge in [-0.15, -0.1) is 16.4 Å². The second-order valence-electron chi connectivity index (χ2n) is 9.76. The Morgan fingerprint density at radius 2 is 1.79 bits per heavy atom. The number of carbonyl (C=O) groups is 1. The third-order valence-corrected chi connectivity index (χ3v) is 8.20. The Bertz CT molecular complexity index is 1040. The van der Waals surface area contributed by atoms with Crippen molar-refractivity contribution in [1.29, 1.82) is 0 Å². The molecule has 2 heterocycles. The van der Waals surface area contributed by atoms with E-state index in [9.17, 15) is 4.79 Å². The van der Waals surface area contributed by atoms with E-state index in [1.807, 2.05) is 4.52 Å². The number of aromatic nitrogens is 3. The molecule has 5 nitrogen and oxygen atoms in total. The van der Waals surface area contributed by atoms with Crippen molar-refractivity contribution in [2.45, 2.75) is 51.9 Å². The third kappa shape index (κ3) is 3.08. The van der Waals surface area contributed by atoms with Crippen LogP contribution in [0.4, 0.5) is 5.95 Å². The maximum absolute atomic E-state index is 12.9. The first-order valence-electron chi connectivity index (χ1n) is 10.8. The van der Waals surface area contributed by atoms with Crippen LogP contribution in [0, 0.1) is 30.1 Å². The SMILES string of the molecule is Cc1ccc(-c2csc3nc(NC(=O)CC45CC6CC(CC(C6)C4)C5)nn23)cc1. The number of nitrogens with one attached hydrogen (secondary N) is 1. The zero-order chi connectivity index (χ0) is 19.6. The molecular weight excluding hydrogens is 380 g/mol. The van der Waals surface area contributed by atoms with Gasteiger partial charge in [0.05, 0.1) is 5.69 Å². The number of aryl methyl sites for hydroxylation is 1. The lowest BCUT2D eigenvalue weighted by atomic mass is 9.49. The quantitative estimate of drug-likeness (QED) is 0.639. The molecule has 0 aliphatic heterocycles. The molecule has 4 fully saturated rings. The van der Waals surface area contributed by atoms with Crippen LogP contribution in [0.15, 0.2) is 29.6 Å². The minimum Gasteiger partial charge on any atom is -0.293 e. The summed E-state index contributed by atoms with van der Waals surface area (Å²) in [4.78, 5) is 18.3. The van der Waals surface area contributed by atoms with Crippen LogP contribution in [0.2, 0.25) is 0 Å². The zero-order valence-electron chi connectivity index (χ0n) is 16.7. The predicted octanol–water partition coefficient (Wildman–Crippen LogP) is 5.31. The highest BCUT2D eigenvalue weighted by atomic mass is 32.1. The minimum atomic E-state index is 0.0853. The summed E-state index contributed by atoms with van der Waals surface area (Å²) in [6.45, 7) is 2.08. The van der Waals surface area contributed by atoms with Crippen LogP contribution in [0.3, 0.4) is 0 Å². The van der Waals surface area contributed by atoms with E-state index >= 15 is 0 Å². The summed E-state index contributed by atoms with van der Waals surface area (Å²) in [6.07, 6.45) is 8.58. The summed E-state index contributed by atoms with van der Waals surface area (Å²) < 4.78 is 1.84. The Kier molecular flexibility index (Phi) is 3.89. The number of fused-ring (bicyclic) bond motifs is 1. The van der Waals surface area contributed by atoms with Crippen molar-refractivity contribution in [2.24, 2.45) is 23.2 Å². The standard InChI is InChI=1S/C23H26N4OS/c1-14-2-4-18(5-3-14)19-13-29-22-25-21(26-27(19)22)24-20(28)12-23-9-15-6-16(10-23)8-17(7-15)11-23/h2-5,13,15-17H,6-12H2,1H3,(H,24,26,28). The molecule has 4 saturated carbocycles. The second-order valence-corrected chi connectivity index (χ2v) is 10.6. The number of hydrogen-bond donors (Lipinski definition) is 1. The van der Waals surface area contributed by atoms with Crippen molar-refractivity contribution in [3.63, 3.8) is 0 Å². The van der Waals surface area contributed by atoms with Crippen LogP contribution in [0.5, 0.6) is 0 Å². The van der Waals surface area contributed by atoms with E-state index < -0.39 is 0 Å². The molecule has 6 heteroatoms. The average Bonchev–Trinajstić information content (AvgIpc) is 3.21. The lowest BCUT2D eigenvalue weighted by Crippen LogP contribution is -2.47. The van der Waals surface area contributed by atoms with Crippen LogP contribution in [-0.2, 0) is 4.79 Å². The highest BCUT2D eigenvalue weighted by molar-refractivity contribution is 7.15. The van der Waals surface area contributed by atoms with Crippen molar-refractivity contribution >= 4 is 28.2 Å². The maximum Gasteiger partial charge on any atom is 0.250 e. The first-order valence-corrected chi connectivity index (χ1v) is 11.6. The van der Waals surface area contributed by atoms with Gasteiger partial charge in [0.25, 0.3) is 0 Å². The highest BCUT2D eigenvalue weighted by Gasteiger charge is 2.51. The van der Waals surface area contributed by atoms with Crippen LogP contribution < -0.4 is 5.32 Å². The van der Waals surface area contributed by atoms with Gasteiger partial charge in [-0.1, -0.05) is 29.8 Å². The Morgan fingerprint density at radius 1 is 1.14 bits per heavy atom. The Morgan fingerprint density at radius 3 is 2.45 bits per heavy atom. The number of benzene rings is 1. The average molecular weight is 407 g/mol. The Labute approximate surface area is 174 Å². The van der Waals surface area contributed by atoms with Gasteiger partial charge in [0.1, 0.15) is 0 Å². The molecule has 0 atom stereocenters. The topological polar surface area (TPSA) is 59.3 Å². The van der Waals surface area contributed by atoms with Gasteiger partial charge in [-0.2, -0.15) is 4.98 Å². The smallest absolute Gasteiger partial charge is 0.250 e. The van der Waals surface area contributed by atoms with E-state index in [0.717, 1.165) is 34.0 Å². The second kappa shape index (κ2) is 6.39. The minimum absolute atomic E-state index is 0.0853. The molecule has 1 N–H and O–H groups in total. The first-order chi connectivity index (χ1) is 14.1. The van der Waals surface area contributed by atoms with Gasteiger partial charge in [0.15, 0.2) is 0 Å². The molecule has 2 aromatic heterocycles. The number of hydrogen-bond acceptors (Lipinski definition) is 4. The van der Waals surface area contributed by atoms with Crippen molar-refractivity contribution in [3.8, 4) is 11.3 Å². The molecule has 1 amide bonds. The number of rotatable bonds is 4. The molecule has 3 aromatic rings. The fourth-order valence-electron chi connectivity index (χ4n) is 6.67. The predicted molar refractivity (Wildman–Crippen MR) is 115 cm³/mol. The third-order valence-electron chi connectivity index (χ3n) is 7.38. The van der Waals surface area contributed by atoms with Gasteiger partial charge >= 0.3 is 0 Å². The van der Waals surface area contributed by atoms with Crippen LogP contribution in [0.25, 0.3) is 16.2 Å². The van der Waals surface area contributed by atoms with E-state index in [1.165, 1.54) is 44.1 Å². The van der Waals surface area contributed by atoms with Crippen LogP contribution >= 0.6 is 11.3 Å². The molecule has 4 aliphatic rings. The van der Waals surface area contributed by atoms with Crippen LogP contribution in [-0.4, -0.2) is 20.5 Å². The van der Waals surface area contributed by atoms with Crippen LogP contribution in [0.1, 0.15) is 50.5 Å². The van der Waals surface area contributed by atoms with Crippen molar-refractivity contribution < 1.29 is 4.79 Å². The fraction of sp³-hybridized carbons (Fsp3) is 0.522. The summed E-state index contributed by atoms with van der Waals surface area (Å²) >= 11 is 1.55. The Balaban J connectivity index is 1.20. The normalized spacial score (nSPS) is 30.2. The number of carbonyl (C=O) groups excluding carboxylic acids is 1. The van der Waals surface area contributed by atoms with Crippen molar-refractivity contribution in [3.05, 3.63) is 35.2 Å². The largest absolute Gasteiger partial charge is 0.293 e.